The van der Waals surface area contributed by atoms with Crippen LogP contribution in [0.3, 0.4) is 0 Å². The second kappa shape index (κ2) is 4.96. The van der Waals surface area contributed by atoms with E-state index >= 15 is 0 Å². The summed E-state index contributed by atoms with van der Waals surface area (Å²) in [5.74, 6) is -0.117. The van der Waals surface area contributed by atoms with E-state index in [4.69, 9.17) is 0 Å². The van der Waals surface area contributed by atoms with Crippen LogP contribution in [0.5, 0.6) is 0 Å². The summed E-state index contributed by atoms with van der Waals surface area (Å²) in [6.45, 7) is 0. The van der Waals surface area contributed by atoms with E-state index in [0.717, 1.165) is 18.2 Å². The van der Waals surface area contributed by atoms with Gasteiger partial charge in [-0.1, -0.05) is 30.3 Å². The number of rotatable bonds is 4. The topological polar surface area (TPSA) is 105 Å². The molecule has 1 aromatic carbocycles. The van der Waals surface area contributed by atoms with E-state index in [1.807, 2.05) is 30.3 Å². The minimum absolute atomic E-state index is 0.0147. The molecule has 0 aliphatic heterocycles. The van der Waals surface area contributed by atoms with E-state index in [-0.39, 0.29) is 28.8 Å². The van der Waals surface area contributed by atoms with Crippen LogP contribution in [0, 0.1) is 5.92 Å². The molecule has 0 spiro atoms. The fourth-order valence-corrected chi connectivity index (χ4v) is 2.69. The molecule has 7 nitrogen and oxygen atoms in total. The van der Waals surface area contributed by atoms with Gasteiger partial charge >= 0.3 is 0 Å². The quantitative estimate of drug-likeness (QED) is 0.875. The van der Waals surface area contributed by atoms with Crippen molar-refractivity contribution in [2.24, 2.45) is 5.92 Å². The van der Waals surface area contributed by atoms with Gasteiger partial charge in [-0.15, -0.1) is 5.10 Å². The Morgan fingerprint density at radius 2 is 2.05 bits per heavy atom. The fraction of sp³-hybridized carbons (Fsp3) is 0.308. The Hall–Kier alpha value is -2.22. The summed E-state index contributed by atoms with van der Waals surface area (Å²) in [7, 11) is -3.46. The predicted octanol–water partition coefficient (Wildman–Crippen LogP) is 0.950. The van der Waals surface area contributed by atoms with Crippen LogP contribution in [0.15, 0.2) is 35.5 Å². The number of sulfone groups is 1. The molecule has 1 saturated carbocycles. The van der Waals surface area contributed by atoms with Crippen molar-refractivity contribution in [1.29, 1.82) is 0 Å². The lowest BCUT2D eigenvalue weighted by Crippen LogP contribution is -2.15. The van der Waals surface area contributed by atoms with Gasteiger partial charge in [0.15, 0.2) is 0 Å². The summed E-state index contributed by atoms with van der Waals surface area (Å²) < 4.78 is 22.5. The number of anilines is 1. The minimum atomic E-state index is -3.46. The SMILES string of the molecule is CS(=O)(=O)c1nc(NC(=O)[C@H]2C[C@H]2c2ccccc2)n[nH]1. The third kappa shape index (κ3) is 2.94. The van der Waals surface area contributed by atoms with Crippen LogP contribution >= 0.6 is 0 Å². The molecule has 0 radical (unpaired) electrons. The van der Waals surface area contributed by atoms with Crippen molar-refractivity contribution in [3.63, 3.8) is 0 Å². The van der Waals surface area contributed by atoms with Gasteiger partial charge in [0, 0.05) is 12.2 Å². The summed E-state index contributed by atoms with van der Waals surface area (Å²) in [4.78, 5) is 15.8. The van der Waals surface area contributed by atoms with Crippen LogP contribution in [-0.4, -0.2) is 35.8 Å². The molecule has 1 aromatic heterocycles. The van der Waals surface area contributed by atoms with Gasteiger partial charge in [-0.05, 0) is 17.9 Å². The molecule has 1 aliphatic carbocycles. The van der Waals surface area contributed by atoms with Crippen molar-refractivity contribution >= 4 is 21.7 Å². The minimum Gasteiger partial charge on any atom is -0.293 e. The Bertz CT molecular complexity index is 770. The smallest absolute Gasteiger partial charge is 0.249 e. The number of hydrogen-bond acceptors (Lipinski definition) is 5. The van der Waals surface area contributed by atoms with Gasteiger partial charge in [-0.3, -0.25) is 10.1 Å². The molecule has 8 heteroatoms. The van der Waals surface area contributed by atoms with Gasteiger partial charge in [0.1, 0.15) is 0 Å². The molecular formula is C13H14N4O3S. The van der Waals surface area contributed by atoms with Crippen LogP contribution in [0.1, 0.15) is 17.9 Å². The Kier molecular flexibility index (Phi) is 3.25. The lowest BCUT2D eigenvalue weighted by Gasteiger charge is -2.00. The molecule has 2 aromatic rings. The molecule has 1 amide bonds. The van der Waals surface area contributed by atoms with Gasteiger partial charge in [-0.2, -0.15) is 4.98 Å². The third-order valence-corrected chi connectivity index (χ3v) is 4.29. The molecule has 2 atom stereocenters. The summed E-state index contributed by atoms with van der Waals surface area (Å²) >= 11 is 0. The largest absolute Gasteiger partial charge is 0.293 e. The first kappa shape index (κ1) is 13.7. The van der Waals surface area contributed by atoms with E-state index in [2.05, 4.69) is 20.5 Å². The number of carbonyl (C=O) groups excluding carboxylic acids is 1. The average molecular weight is 306 g/mol. The molecule has 0 bridgehead atoms. The van der Waals surface area contributed by atoms with Crippen molar-refractivity contribution in [2.75, 3.05) is 11.6 Å². The Morgan fingerprint density at radius 1 is 1.33 bits per heavy atom. The van der Waals surface area contributed by atoms with Crippen LogP contribution in [0.2, 0.25) is 0 Å². The monoisotopic (exact) mass is 306 g/mol. The molecule has 0 unspecified atom stereocenters. The number of amides is 1. The van der Waals surface area contributed by atoms with Crippen LogP contribution < -0.4 is 5.32 Å². The first-order valence-electron chi connectivity index (χ1n) is 6.43. The third-order valence-electron chi connectivity index (χ3n) is 3.41. The number of benzene rings is 1. The summed E-state index contributed by atoms with van der Waals surface area (Å²) in [5.41, 5.74) is 1.13. The van der Waals surface area contributed by atoms with E-state index in [1.165, 1.54) is 0 Å². The Labute approximate surface area is 121 Å². The van der Waals surface area contributed by atoms with E-state index in [1.54, 1.807) is 0 Å². The van der Waals surface area contributed by atoms with Crippen molar-refractivity contribution in [3.05, 3.63) is 35.9 Å². The standard InChI is InChI=1S/C13H14N4O3S/c1-21(19,20)13-15-12(16-17-13)14-11(18)10-7-9(10)8-5-3-2-4-6-8/h2-6,9-10H,7H2,1H3,(H2,14,15,16,17,18)/t9-,10-/m0/s1. The molecule has 1 fully saturated rings. The summed E-state index contributed by atoms with van der Waals surface area (Å²) in [6.07, 6.45) is 1.80. The maximum Gasteiger partial charge on any atom is 0.249 e. The van der Waals surface area contributed by atoms with Gasteiger partial charge in [0.25, 0.3) is 0 Å². The van der Waals surface area contributed by atoms with Crippen molar-refractivity contribution < 1.29 is 13.2 Å². The highest BCUT2D eigenvalue weighted by Gasteiger charge is 2.44. The summed E-state index contributed by atoms with van der Waals surface area (Å²) in [6, 6.07) is 9.80. The number of hydrogen-bond donors (Lipinski definition) is 2. The molecule has 110 valence electrons. The normalized spacial score (nSPS) is 21.0. The van der Waals surface area contributed by atoms with E-state index in [0.29, 0.717) is 0 Å². The highest BCUT2D eigenvalue weighted by Crippen LogP contribution is 2.47. The maximum atomic E-state index is 12.1. The zero-order chi connectivity index (χ0) is 15.0. The zero-order valence-corrected chi connectivity index (χ0v) is 12.1. The average Bonchev–Trinajstić information content (AvgIpc) is 3.11. The van der Waals surface area contributed by atoms with Gasteiger partial charge in [0.05, 0.1) is 0 Å². The second-order valence-electron chi connectivity index (χ2n) is 5.08. The van der Waals surface area contributed by atoms with Crippen molar-refractivity contribution in [2.45, 2.75) is 17.5 Å². The lowest BCUT2D eigenvalue weighted by atomic mass is 10.1. The van der Waals surface area contributed by atoms with Crippen molar-refractivity contribution in [1.82, 2.24) is 15.2 Å². The van der Waals surface area contributed by atoms with E-state index < -0.39 is 9.84 Å². The molecule has 2 N–H and O–H groups in total. The van der Waals surface area contributed by atoms with Gasteiger partial charge in [0.2, 0.25) is 26.8 Å². The zero-order valence-electron chi connectivity index (χ0n) is 11.3. The number of carbonyl (C=O) groups is 1. The maximum absolute atomic E-state index is 12.1. The van der Waals surface area contributed by atoms with Crippen LogP contribution in [-0.2, 0) is 14.6 Å². The van der Waals surface area contributed by atoms with Crippen LogP contribution in [0.4, 0.5) is 5.95 Å². The molecule has 3 rings (SSSR count). The number of nitrogens with zero attached hydrogens (tertiary/aromatic N) is 2. The van der Waals surface area contributed by atoms with E-state index in [9.17, 15) is 13.2 Å². The molecule has 1 aliphatic rings. The second-order valence-corrected chi connectivity index (χ2v) is 7.02. The van der Waals surface area contributed by atoms with Crippen LogP contribution in [0.25, 0.3) is 0 Å². The van der Waals surface area contributed by atoms with Gasteiger partial charge < -0.3 is 0 Å². The number of nitrogens with one attached hydrogen (secondary N) is 2. The number of aromatic amines is 1. The highest BCUT2D eigenvalue weighted by atomic mass is 32.2. The fourth-order valence-electron chi connectivity index (χ4n) is 2.22. The Morgan fingerprint density at radius 3 is 2.67 bits per heavy atom. The Balaban J connectivity index is 1.65. The number of aromatic nitrogens is 3. The summed E-state index contributed by atoms with van der Waals surface area (Å²) in [5, 5.41) is 8.26. The molecular weight excluding hydrogens is 292 g/mol. The highest BCUT2D eigenvalue weighted by molar-refractivity contribution is 7.90. The first-order valence-corrected chi connectivity index (χ1v) is 8.32. The van der Waals surface area contributed by atoms with Gasteiger partial charge in [-0.25, -0.2) is 13.5 Å². The molecule has 0 saturated heterocycles. The predicted molar refractivity (Wildman–Crippen MR) is 75.4 cm³/mol. The lowest BCUT2D eigenvalue weighted by molar-refractivity contribution is -0.117. The number of H-pyrrole nitrogens is 1. The molecule has 1 heterocycles. The first-order chi connectivity index (χ1) is 9.95. The van der Waals surface area contributed by atoms with Crippen molar-refractivity contribution in [3.8, 4) is 0 Å². The molecule has 21 heavy (non-hydrogen) atoms.